The number of aromatic amines is 1. The van der Waals surface area contributed by atoms with Gasteiger partial charge in [-0.25, -0.2) is 4.98 Å². The van der Waals surface area contributed by atoms with Crippen LogP contribution in [0.4, 0.5) is 0 Å². The summed E-state index contributed by atoms with van der Waals surface area (Å²) in [7, 11) is 0. The molecule has 128 valence electrons. The van der Waals surface area contributed by atoms with Gasteiger partial charge in [-0.1, -0.05) is 36.9 Å². The summed E-state index contributed by atoms with van der Waals surface area (Å²) in [4.78, 5) is 16.3. The summed E-state index contributed by atoms with van der Waals surface area (Å²) in [5.74, 6) is 2.56. The molecule has 1 atom stereocenters. The van der Waals surface area contributed by atoms with Gasteiger partial charge in [0, 0.05) is 13.0 Å². The number of aryl methyl sites for hydroxylation is 1. The van der Waals surface area contributed by atoms with Crippen LogP contribution in [0.5, 0.6) is 5.75 Å². The average molecular weight is 346 g/mol. The number of amides is 1. The molecule has 0 bridgehead atoms. The number of carbonyl (C=O) groups excluding carboxylic acids is 1. The molecule has 0 unspecified atom stereocenters. The van der Waals surface area contributed by atoms with Gasteiger partial charge in [0.2, 0.25) is 11.1 Å². The number of nitrogens with zero attached hydrogens (tertiary/aromatic N) is 2. The van der Waals surface area contributed by atoms with Crippen LogP contribution in [0.25, 0.3) is 0 Å². The minimum atomic E-state index is 0.0151. The summed E-state index contributed by atoms with van der Waals surface area (Å²) in [6.07, 6.45) is 2.69. The maximum absolute atomic E-state index is 12.0. The molecule has 7 heteroatoms. The molecule has 0 spiro atoms. The summed E-state index contributed by atoms with van der Waals surface area (Å²) in [6.45, 7) is 3.38. The summed E-state index contributed by atoms with van der Waals surface area (Å²) < 4.78 is 5.77. The van der Waals surface area contributed by atoms with Crippen LogP contribution in [0.15, 0.2) is 29.4 Å². The van der Waals surface area contributed by atoms with Gasteiger partial charge in [-0.2, -0.15) is 0 Å². The van der Waals surface area contributed by atoms with Crippen LogP contribution in [0.2, 0.25) is 0 Å². The largest absolute Gasteiger partial charge is 0.493 e. The first-order valence-electron chi connectivity index (χ1n) is 8.26. The van der Waals surface area contributed by atoms with Crippen LogP contribution >= 0.6 is 11.8 Å². The highest BCUT2D eigenvalue weighted by Gasteiger charge is 2.18. The molecule has 0 saturated carbocycles. The number of thioether (sulfide) groups is 1. The van der Waals surface area contributed by atoms with Gasteiger partial charge in [0.25, 0.3) is 0 Å². The molecule has 24 heavy (non-hydrogen) atoms. The molecule has 0 saturated heterocycles. The van der Waals surface area contributed by atoms with E-state index in [4.69, 9.17) is 4.74 Å². The quantitative estimate of drug-likeness (QED) is 0.784. The molecule has 1 aromatic heterocycles. The summed E-state index contributed by atoms with van der Waals surface area (Å²) in [5.41, 5.74) is 1.22. The Morgan fingerprint density at radius 2 is 2.33 bits per heavy atom. The maximum Gasteiger partial charge on any atom is 0.230 e. The molecule has 1 amide bonds. The monoisotopic (exact) mass is 346 g/mol. The van der Waals surface area contributed by atoms with Crippen LogP contribution in [-0.4, -0.2) is 40.0 Å². The third kappa shape index (κ3) is 4.50. The van der Waals surface area contributed by atoms with E-state index in [1.165, 1.54) is 17.3 Å². The summed E-state index contributed by atoms with van der Waals surface area (Å²) in [5, 5.41) is 10.6. The number of hydrogen-bond acceptors (Lipinski definition) is 5. The second-order valence-corrected chi connectivity index (χ2v) is 6.77. The van der Waals surface area contributed by atoms with Crippen molar-refractivity contribution in [2.75, 3.05) is 18.9 Å². The number of carbonyl (C=O) groups is 1. The Morgan fingerprint density at radius 1 is 1.46 bits per heavy atom. The Hall–Kier alpha value is -2.02. The minimum absolute atomic E-state index is 0.0151. The van der Waals surface area contributed by atoms with Crippen molar-refractivity contribution in [2.24, 2.45) is 5.92 Å². The fourth-order valence-electron chi connectivity index (χ4n) is 2.68. The second-order valence-electron chi connectivity index (χ2n) is 5.83. The number of H-pyrrole nitrogens is 1. The van der Waals surface area contributed by atoms with E-state index >= 15 is 0 Å². The number of para-hydroxylation sites is 1. The van der Waals surface area contributed by atoms with Gasteiger partial charge < -0.3 is 10.1 Å². The lowest BCUT2D eigenvalue weighted by molar-refractivity contribution is -0.118. The van der Waals surface area contributed by atoms with Crippen LogP contribution < -0.4 is 10.1 Å². The topological polar surface area (TPSA) is 79.9 Å². The van der Waals surface area contributed by atoms with Crippen molar-refractivity contribution in [3.8, 4) is 5.75 Å². The minimum Gasteiger partial charge on any atom is -0.493 e. The van der Waals surface area contributed by atoms with Crippen molar-refractivity contribution < 1.29 is 9.53 Å². The Balaban J connectivity index is 1.44. The summed E-state index contributed by atoms with van der Waals surface area (Å²) in [6, 6.07) is 8.13. The Bertz CT molecular complexity index is 689. The first kappa shape index (κ1) is 16.8. The number of hydrogen-bond donors (Lipinski definition) is 2. The van der Waals surface area contributed by atoms with Gasteiger partial charge in [-0.05, 0) is 30.4 Å². The first-order valence-corrected chi connectivity index (χ1v) is 9.24. The van der Waals surface area contributed by atoms with E-state index in [-0.39, 0.29) is 5.91 Å². The van der Waals surface area contributed by atoms with Crippen LogP contribution in [0.3, 0.4) is 0 Å². The standard InChI is InChI=1S/C17H22N4O2S/c1-2-15-19-17(21-20-15)24-11-16(22)18-10-12-7-8-23-14-6-4-3-5-13(14)9-12/h3-6,12H,2,7-11H2,1H3,(H,18,22)(H,19,20,21)/t12-/m1/s1. The predicted octanol–water partition coefficient (Wildman–Crippen LogP) is 2.22. The predicted molar refractivity (Wildman–Crippen MR) is 93.2 cm³/mol. The number of fused-ring (bicyclic) bond motifs is 1. The molecule has 1 aliphatic heterocycles. The Morgan fingerprint density at radius 3 is 3.17 bits per heavy atom. The van der Waals surface area contributed by atoms with Crippen molar-refractivity contribution in [1.29, 1.82) is 0 Å². The third-order valence-electron chi connectivity index (χ3n) is 4.03. The molecule has 0 fully saturated rings. The molecule has 6 nitrogen and oxygen atoms in total. The Labute approximate surface area is 145 Å². The number of nitrogens with one attached hydrogen (secondary N) is 2. The van der Waals surface area contributed by atoms with E-state index < -0.39 is 0 Å². The molecule has 3 rings (SSSR count). The van der Waals surface area contributed by atoms with Crippen LogP contribution in [0, 0.1) is 5.92 Å². The molecule has 1 aromatic carbocycles. The van der Waals surface area contributed by atoms with E-state index in [1.807, 2.05) is 25.1 Å². The molecule has 2 N–H and O–H groups in total. The van der Waals surface area contributed by atoms with Crippen LogP contribution in [0.1, 0.15) is 24.7 Å². The zero-order valence-corrected chi connectivity index (χ0v) is 14.6. The molecule has 2 heterocycles. The van der Waals surface area contributed by atoms with E-state index in [0.717, 1.165) is 30.8 Å². The van der Waals surface area contributed by atoms with Gasteiger partial charge >= 0.3 is 0 Å². The number of ether oxygens (including phenoxy) is 1. The second kappa shape index (κ2) is 8.19. The fourth-order valence-corrected chi connectivity index (χ4v) is 3.32. The first-order chi connectivity index (χ1) is 11.7. The molecule has 0 radical (unpaired) electrons. The molecule has 2 aromatic rings. The Kier molecular flexibility index (Phi) is 5.74. The molecular weight excluding hydrogens is 324 g/mol. The zero-order chi connectivity index (χ0) is 16.8. The molecule has 0 aliphatic carbocycles. The summed E-state index contributed by atoms with van der Waals surface area (Å²) >= 11 is 1.35. The van der Waals surface area contributed by atoms with Crippen molar-refractivity contribution in [3.05, 3.63) is 35.7 Å². The lowest BCUT2D eigenvalue weighted by atomic mass is 9.97. The van der Waals surface area contributed by atoms with Crippen molar-refractivity contribution in [1.82, 2.24) is 20.5 Å². The SMILES string of the molecule is CCc1nc(SCC(=O)NC[C@@H]2CCOc3ccccc3C2)n[nH]1. The lowest BCUT2D eigenvalue weighted by Gasteiger charge is -2.14. The number of rotatable bonds is 6. The normalized spacial score (nSPS) is 16.8. The zero-order valence-electron chi connectivity index (χ0n) is 13.7. The van der Waals surface area contributed by atoms with Gasteiger partial charge in [0.15, 0.2) is 0 Å². The highest BCUT2D eigenvalue weighted by molar-refractivity contribution is 7.99. The average Bonchev–Trinajstić information content (AvgIpc) is 2.97. The third-order valence-corrected chi connectivity index (χ3v) is 4.88. The number of benzene rings is 1. The number of aromatic nitrogens is 3. The fraction of sp³-hybridized carbons (Fsp3) is 0.471. The van der Waals surface area contributed by atoms with Gasteiger partial charge in [-0.3, -0.25) is 9.89 Å². The smallest absolute Gasteiger partial charge is 0.230 e. The van der Waals surface area contributed by atoms with E-state index in [1.54, 1.807) is 0 Å². The highest BCUT2D eigenvalue weighted by atomic mass is 32.2. The van der Waals surface area contributed by atoms with E-state index in [9.17, 15) is 4.79 Å². The van der Waals surface area contributed by atoms with Gasteiger partial charge in [-0.15, -0.1) is 5.10 Å². The van der Waals surface area contributed by atoms with Gasteiger partial charge in [0.1, 0.15) is 11.6 Å². The van der Waals surface area contributed by atoms with Crippen molar-refractivity contribution in [3.63, 3.8) is 0 Å². The van der Waals surface area contributed by atoms with Crippen molar-refractivity contribution in [2.45, 2.75) is 31.3 Å². The lowest BCUT2D eigenvalue weighted by Crippen LogP contribution is -2.31. The molecule has 1 aliphatic rings. The van der Waals surface area contributed by atoms with Crippen molar-refractivity contribution >= 4 is 17.7 Å². The van der Waals surface area contributed by atoms with E-state index in [2.05, 4.69) is 26.6 Å². The van der Waals surface area contributed by atoms with Gasteiger partial charge in [0.05, 0.1) is 12.4 Å². The van der Waals surface area contributed by atoms with E-state index in [0.29, 0.717) is 30.0 Å². The molecular formula is C17H22N4O2S. The maximum atomic E-state index is 12.0. The van der Waals surface area contributed by atoms with Crippen LogP contribution in [-0.2, 0) is 17.6 Å². The highest BCUT2D eigenvalue weighted by Crippen LogP contribution is 2.26.